The van der Waals surface area contributed by atoms with Gasteiger partial charge in [0.2, 0.25) is 23.7 Å². The third-order valence-electron chi connectivity index (χ3n) is 11.3. The zero-order valence-electron chi connectivity index (χ0n) is 37.6. The van der Waals surface area contributed by atoms with E-state index in [1.165, 1.54) is 13.2 Å². The van der Waals surface area contributed by atoms with Crippen molar-refractivity contribution in [1.82, 2.24) is 48.9 Å². The van der Waals surface area contributed by atoms with Gasteiger partial charge in [-0.2, -0.15) is 10.2 Å². The fraction of sp³-hybridized carbons (Fsp3) is 0.378. The van der Waals surface area contributed by atoms with E-state index in [4.69, 9.17) is 30.9 Å². The number of aromatic nitrogens is 8. The number of carbonyl (C=O) groups is 4. The van der Waals surface area contributed by atoms with Crippen molar-refractivity contribution in [2.75, 3.05) is 51.0 Å². The molecule has 1 aliphatic heterocycles. The minimum Gasteiger partial charge on any atom is -0.494 e. The molecule has 1 aliphatic rings. The molecule has 4 amide bonds. The highest BCUT2D eigenvalue weighted by molar-refractivity contribution is 6.05. The first kappa shape index (κ1) is 45.7. The molecule has 1 fully saturated rings. The Hall–Kier alpha value is -7.32. The Kier molecular flexibility index (Phi) is 14.1. The van der Waals surface area contributed by atoms with Crippen molar-refractivity contribution in [2.45, 2.75) is 72.8 Å². The van der Waals surface area contributed by atoms with E-state index in [1.807, 2.05) is 46.0 Å². The topological polar surface area (TPSA) is 249 Å². The highest BCUT2D eigenvalue weighted by Crippen LogP contribution is 2.33. The summed E-state index contributed by atoms with van der Waals surface area (Å²) in [5.74, 6) is -1.16. The van der Waals surface area contributed by atoms with Gasteiger partial charge in [0.25, 0.3) is 11.8 Å². The largest absolute Gasteiger partial charge is 0.494 e. The van der Waals surface area contributed by atoms with Gasteiger partial charge in [0.05, 0.1) is 29.5 Å². The number of imidazole rings is 2. The number of rotatable bonds is 19. The van der Waals surface area contributed by atoms with Crippen molar-refractivity contribution in [3.8, 4) is 11.5 Å². The predicted octanol–water partition coefficient (Wildman–Crippen LogP) is 4.02. The molecule has 0 unspecified atom stereocenters. The van der Waals surface area contributed by atoms with Crippen LogP contribution in [0.25, 0.3) is 22.1 Å². The molecule has 0 bridgehead atoms. The molecule has 0 spiro atoms. The third kappa shape index (κ3) is 10.1. The Labute approximate surface area is 375 Å². The molecule has 65 heavy (non-hydrogen) atoms. The maximum Gasteiger partial charge on any atom is 0.276 e. The molecular formula is C45H56N14O6. The Balaban J connectivity index is 1.23. The molecule has 342 valence electrons. The number of aryl methyl sites for hydroxylation is 4. The number of piperidine rings is 1. The van der Waals surface area contributed by atoms with Crippen LogP contribution in [0.2, 0.25) is 0 Å². The van der Waals surface area contributed by atoms with Crippen LogP contribution in [-0.2, 0) is 26.2 Å². The quantitative estimate of drug-likeness (QED) is 0.0724. The van der Waals surface area contributed by atoms with Crippen LogP contribution in [0, 0.1) is 13.8 Å². The molecule has 0 radical (unpaired) electrons. The van der Waals surface area contributed by atoms with Crippen molar-refractivity contribution >= 4 is 57.6 Å². The number of primary amides is 2. The van der Waals surface area contributed by atoms with Crippen molar-refractivity contribution in [1.29, 1.82) is 0 Å². The number of hydrogen-bond acceptors (Lipinski definition) is 12. The molecule has 4 aromatic heterocycles. The summed E-state index contributed by atoms with van der Waals surface area (Å²) in [5.41, 5.74) is 15.6. The number of likely N-dealkylation sites (tertiary alicyclic amines) is 1. The molecule has 6 aromatic rings. The number of nitrogens with two attached hydrogens (primary N) is 2. The second-order valence-corrected chi connectivity index (χ2v) is 15.7. The molecule has 7 rings (SSSR count). The molecule has 20 heteroatoms. The minimum atomic E-state index is -0.667. The fourth-order valence-electron chi connectivity index (χ4n) is 8.02. The van der Waals surface area contributed by atoms with Gasteiger partial charge in [-0.3, -0.25) is 44.1 Å². The molecule has 5 heterocycles. The van der Waals surface area contributed by atoms with E-state index in [9.17, 15) is 19.2 Å². The van der Waals surface area contributed by atoms with Gasteiger partial charge in [0.1, 0.15) is 40.5 Å². The highest BCUT2D eigenvalue weighted by Gasteiger charge is 2.24. The number of ether oxygens (including phenoxy) is 2. The van der Waals surface area contributed by atoms with Crippen molar-refractivity contribution in [3.05, 3.63) is 94.6 Å². The monoisotopic (exact) mass is 888 g/mol. The number of nitrogens with zero attached hydrogens (tertiary/aromatic N) is 9. The van der Waals surface area contributed by atoms with Crippen LogP contribution >= 0.6 is 0 Å². The van der Waals surface area contributed by atoms with Crippen molar-refractivity contribution < 1.29 is 28.7 Å². The number of benzene rings is 2. The lowest BCUT2D eigenvalue weighted by molar-refractivity contribution is 0.0991. The molecule has 0 saturated carbocycles. The Morgan fingerprint density at radius 1 is 0.708 bits per heavy atom. The van der Waals surface area contributed by atoms with Gasteiger partial charge in [-0.1, -0.05) is 24.3 Å². The highest BCUT2D eigenvalue weighted by atomic mass is 16.5. The predicted molar refractivity (Wildman–Crippen MR) is 247 cm³/mol. The Morgan fingerprint density at radius 2 is 1.18 bits per heavy atom. The first-order valence-electron chi connectivity index (χ1n) is 21.6. The molecular weight excluding hydrogens is 833 g/mol. The summed E-state index contributed by atoms with van der Waals surface area (Å²) in [4.78, 5) is 64.3. The zero-order valence-corrected chi connectivity index (χ0v) is 37.6. The van der Waals surface area contributed by atoms with Crippen LogP contribution in [0.4, 0.5) is 11.9 Å². The minimum absolute atomic E-state index is 0.162. The number of fused-ring (bicyclic) bond motifs is 2. The summed E-state index contributed by atoms with van der Waals surface area (Å²) in [5, 5.41) is 18.1. The average molecular weight is 889 g/mol. The average Bonchev–Trinajstić information content (AvgIpc) is 4.06. The lowest BCUT2D eigenvalue weighted by Crippen LogP contribution is -2.41. The maximum atomic E-state index is 13.9. The fourth-order valence-corrected chi connectivity index (χ4v) is 8.02. The normalized spacial score (nSPS) is 13.7. The van der Waals surface area contributed by atoms with E-state index in [1.54, 1.807) is 55.8 Å². The van der Waals surface area contributed by atoms with Crippen LogP contribution in [0.1, 0.15) is 79.8 Å². The molecule has 1 saturated heterocycles. The van der Waals surface area contributed by atoms with Gasteiger partial charge >= 0.3 is 0 Å². The van der Waals surface area contributed by atoms with Crippen molar-refractivity contribution in [2.24, 2.45) is 11.5 Å². The van der Waals surface area contributed by atoms with E-state index < -0.39 is 23.6 Å². The van der Waals surface area contributed by atoms with Gasteiger partial charge in [-0.05, 0) is 97.1 Å². The number of hydrogen-bond donors (Lipinski definition) is 5. The van der Waals surface area contributed by atoms with Crippen molar-refractivity contribution in [3.63, 3.8) is 0 Å². The molecule has 7 N–H and O–H groups in total. The van der Waals surface area contributed by atoms with Gasteiger partial charge in [-0.15, -0.1) is 0 Å². The standard InChI is InChI=1S/C45H56N14O6/c1-7-58-34(21-27(3)53-58)42(62)51-44-49-32-23-29(40(46)60)25-36(64-6)38(32)56(44)16-9-10-17-57-39-33(50-45(57)52-43(63)35-22-28(4)54-59(35)8-2)24-30(41(47)61)26-37(39)65-20-12-11-15-55-18-13-31(48-5)14-19-55/h9-12,21-26,31,48H,7-8,13-20H2,1-6H3,(H2,46,60)(H2,47,61)(H,49,51,62)(H,50,52,63)/b10-9+,12-11-. The molecule has 0 atom stereocenters. The van der Waals surface area contributed by atoms with Gasteiger partial charge in [0.15, 0.2) is 0 Å². The Morgan fingerprint density at radius 3 is 1.65 bits per heavy atom. The van der Waals surface area contributed by atoms with Crippen LogP contribution in [-0.4, -0.2) is 114 Å². The summed E-state index contributed by atoms with van der Waals surface area (Å²) in [6.45, 7) is 11.7. The van der Waals surface area contributed by atoms with Gasteiger partial charge < -0.3 is 35.4 Å². The number of allylic oxidation sites excluding steroid dienone is 2. The van der Waals surface area contributed by atoms with Crippen LogP contribution in [0.3, 0.4) is 0 Å². The summed E-state index contributed by atoms with van der Waals surface area (Å²) < 4.78 is 18.8. The molecule has 2 aromatic carbocycles. The first-order valence-corrected chi connectivity index (χ1v) is 21.6. The first-order chi connectivity index (χ1) is 31.3. The van der Waals surface area contributed by atoms with E-state index in [2.05, 4.69) is 37.1 Å². The van der Waals surface area contributed by atoms with E-state index in [0.717, 1.165) is 32.5 Å². The second kappa shape index (κ2) is 20.0. The van der Waals surface area contributed by atoms with Gasteiger partial charge in [-0.25, -0.2) is 9.97 Å². The third-order valence-corrected chi connectivity index (χ3v) is 11.3. The van der Waals surface area contributed by atoms with E-state index in [-0.39, 0.29) is 42.7 Å². The Bertz CT molecular complexity index is 2800. The number of methoxy groups -OCH3 is 1. The summed E-state index contributed by atoms with van der Waals surface area (Å²) in [6.07, 6.45) is 9.90. The smallest absolute Gasteiger partial charge is 0.276 e. The number of carbonyl (C=O) groups excluding carboxylic acids is 4. The van der Waals surface area contributed by atoms with Gasteiger partial charge in [0, 0.05) is 49.9 Å². The second-order valence-electron chi connectivity index (χ2n) is 15.7. The number of anilines is 2. The lowest BCUT2D eigenvalue weighted by Gasteiger charge is -2.30. The number of amides is 4. The molecule has 20 nitrogen and oxygen atoms in total. The zero-order chi connectivity index (χ0) is 46.4. The maximum absolute atomic E-state index is 13.9. The van der Waals surface area contributed by atoms with Crippen LogP contribution in [0.15, 0.2) is 60.7 Å². The number of nitrogens with one attached hydrogen (secondary N) is 3. The van der Waals surface area contributed by atoms with Crippen LogP contribution < -0.4 is 36.9 Å². The summed E-state index contributed by atoms with van der Waals surface area (Å²) in [6, 6.07) is 10.1. The summed E-state index contributed by atoms with van der Waals surface area (Å²) >= 11 is 0. The summed E-state index contributed by atoms with van der Waals surface area (Å²) in [7, 11) is 3.47. The van der Waals surface area contributed by atoms with Crippen LogP contribution in [0.5, 0.6) is 11.5 Å². The van der Waals surface area contributed by atoms with E-state index in [0.29, 0.717) is 75.5 Å². The van der Waals surface area contributed by atoms with E-state index >= 15 is 0 Å². The SMILES string of the molecule is CCn1nc(C)cc1C(=O)Nc1nc2cc(C(N)=O)cc(OC)c2n1C/C=C/Cn1c(NC(=O)c2cc(C)nn2CC)nc2cc(C(N)=O)cc(OC/C=C\CN3CCC(NC)CC3)c21. The molecule has 0 aliphatic carbocycles. The lowest BCUT2D eigenvalue weighted by atomic mass is 10.1.